The fourth-order valence-electron chi connectivity index (χ4n) is 2.65. The first kappa shape index (κ1) is 18.3. The number of ether oxygens (including phenoxy) is 2. The molecule has 1 unspecified atom stereocenters. The summed E-state index contributed by atoms with van der Waals surface area (Å²) in [6, 6.07) is 7.19. The van der Waals surface area contributed by atoms with Gasteiger partial charge in [0.2, 0.25) is 16.9 Å². The Morgan fingerprint density at radius 2 is 2.12 bits per heavy atom. The Labute approximate surface area is 155 Å². The first-order valence-electron chi connectivity index (χ1n) is 8.26. The van der Waals surface area contributed by atoms with Gasteiger partial charge in [-0.1, -0.05) is 11.3 Å². The van der Waals surface area contributed by atoms with Crippen molar-refractivity contribution in [2.24, 2.45) is 5.92 Å². The minimum Gasteiger partial charge on any atom is -0.497 e. The molecule has 0 aliphatic carbocycles. The van der Waals surface area contributed by atoms with Crippen molar-refractivity contribution >= 4 is 34.0 Å². The third-order valence-electron chi connectivity index (χ3n) is 4.01. The van der Waals surface area contributed by atoms with Gasteiger partial charge in [0.05, 0.1) is 13.0 Å². The van der Waals surface area contributed by atoms with Gasteiger partial charge in [0.15, 0.2) is 0 Å². The van der Waals surface area contributed by atoms with E-state index in [1.165, 1.54) is 11.3 Å². The van der Waals surface area contributed by atoms with Crippen LogP contribution >= 0.6 is 11.3 Å². The molecule has 2 amide bonds. The van der Waals surface area contributed by atoms with Gasteiger partial charge in [-0.3, -0.25) is 9.59 Å². The fraction of sp³-hybridized carbons (Fsp3) is 0.412. The summed E-state index contributed by atoms with van der Waals surface area (Å²) in [5, 5.41) is 11.8. The molecule has 2 aromatic rings. The van der Waals surface area contributed by atoms with E-state index in [1.54, 1.807) is 24.1 Å². The molecule has 0 spiro atoms. The van der Waals surface area contributed by atoms with Crippen LogP contribution in [0.15, 0.2) is 24.3 Å². The minimum absolute atomic E-state index is 0.0791. The average Bonchev–Trinajstić information content (AvgIpc) is 3.26. The van der Waals surface area contributed by atoms with Crippen LogP contribution in [0.1, 0.15) is 18.4 Å². The van der Waals surface area contributed by atoms with Crippen LogP contribution in [0.3, 0.4) is 0 Å². The van der Waals surface area contributed by atoms with E-state index in [-0.39, 0.29) is 18.2 Å². The van der Waals surface area contributed by atoms with Crippen LogP contribution < -0.4 is 15.0 Å². The second kappa shape index (κ2) is 8.24. The average molecular weight is 376 g/mol. The molecule has 1 atom stereocenters. The normalized spacial score (nSPS) is 16.8. The molecule has 0 saturated carbocycles. The number of benzene rings is 1. The molecule has 1 N–H and O–H groups in total. The van der Waals surface area contributed by atoms with E-state index in [0.717, 1.165) is 5.69 Å². The summed E-state index contributed by atoms with van der Waals surface area (Å²) in [7, 11) is 1.59. The van der Waals surface area contributed by atoms with E-state index in [2.05, 4.69) is 15.5 Å². The summed E-state index contributed by atoms with van der Waals surface area (Å²) >= 11 is 1.27. The first-order chi connectivity index (χ1) is 12.6. The fourth-order valence-corrected chi connectivity index (χ4v) is 3.33. The lowest BCUT2D eigenvalue weighted by molar-refractivity contribution is -0.122. The van der Waals surface area contributed by atoms with Gasteiger partial charge in [-0.25, -0.2) is 0 Å². The van der Waals surface area contributed by atoms with E-state index in [1.807, 2.05) is 19.1 Å². The summed E-state index contributed by atoms with van der Waals surface area (Å²) in [6.45, 7) is 3.20. The number of carbonyl (C=O) groups is 2. The van der Waals surface area contributed by atoms with Gasteiger partial charge in [-0.2, -0.15) is 0 Å². The van der Waals surface area contributed by atoms with E-state index in [9.17, 15) is 9.59 Å². The van der Waals surface area contributed by atoms with Crippen molar-refractivity contribution in [2.45, 2.75) is 20.0 Å². The molecular weight excluding hydrogens is 356 g/mol. The molecule has 1 aliphatic heterocycles. The molecule has 1 aliphatic rings. The summed E-state index contributed by atoms with van der Waals surface area (Å²) in [5.41, 5.74) is 0.751. The lowest BCUT2D eigenvalue weighted by Gasteiger charge is -2.16. The monoisotopic (exact) mass is 376 g/mol. The van der Waals surface area contributed by atoms with Crippen molar-refractivity contribution in [3.05, 3.63) is 29.3 Å². The highest BCUT2D eigenvalue weighted by Gasteiger charge is 2.35. The highest BCUT2D eigenvalue weighted by atomic mass is 32.1. The number of hydrogen-bond donors (Lipinski definition) is 1. The molecule has 2 heterocycles. The smallest absolute Gasteiger partial charge is 0.231 e. The molecule has 1 fully saturated rings. The van der Waals surface area contributed by atoms with Gasteiger partial charge in [0.1, 0.15) is 17.4 Å². The van der Waals surface area contributed by atoms with Crippen molar-refractivity contribution in [2.75, 3.05) is 30.5 Å². The number of nitrogens with one attached hydrogen (secondary N) is 1. The number of aromatic nitrogens is 2. The maximum atomic E-state index is 12.5. The van der Waals surface area contributed by atoms with Gasteiger partial charge in [-0.15, -0.1) is 10.2 Å². The van der Waals surface area contributed by atoms with Crippen molar-refractivity contribution in [3.8, 4) is 5.75 Å². The molecule has 9 heteroatoms. The van der Waals surface area contributed by atoms with Crippen LogP contribution in [-0.4, -0.2) is 42.3 Å². The SMILES string of the molecule is CCOCc1nnc(NC(=O)C2CC(=O)N(c3ccc(OC)cc3)C2)s1. The molecule has 138 valence electrons. The van der Waals surface area contributed by atoms with Crippen LogP contribution in [0, 0.1) is 5.92 Å². The molecule has 26 heavy (non-hydrogen) atoms. The molecule has 8 nitrogen and oxygen atoms in total. The van der Waals surface area contributed by atoms with E-state index in [4.69, 9.17) is 9.47 Å². The zero-order valence-electron chi connectivity index (χ0n) is 14.6. The van der Waals surface area contributed by atoms with E-state index < -0.39 is 5.92 Å². The maximum Gasteiger partial charge on any atom is 0.231 e. The van der Waals surface area contributed by atoms with Crippen LogP contribution in [0.25, 0.3) is 0 Å². The number of nitrogens with zero attached hydrogens (tertiary/aromatic N) is 3. The zero-order chi connectivity index (χ0) is 18.5. The number of rotatable bonds is 7. The van der Waals surface area contributed by atoms with Gasteiger partial charge in [0.25, 0.3) is 0 Å². The first-order valence-corrected chi connectivity index (χ1v) is 9.07. The largest absolute Gasteiger partial charge is 0.497 e. The third-order valence-corrected chi connectivity index (χ3v) is 4.82. The Bertz CT molecular complexity index is 777. The Hall–Kier alpha value is -2.52. The molecule has 0 bridgehead atoms. The molecule has 3 rings (SSSR count). The third kappa shape index (κ3) is 4.17. The quantitative estimate of drug-likeness (QED) is 0.795. The van der Waals surface area contributed by atoms with Gasteiger partial charge in [-0.05, 0) is 31.2 Å². The molecule has 1 aromatic heterocycles. The topological polar surface area (TPSA) is 93.7 Å². The second-order valence-electron chi connectivity index (χ2n) is 5.73. The van der Waals surface area contributed by atoms with Crippen LogP contribution in [0.5, 0.6) is 5.75 Å². The number of hydrogen-bond acceptors (Lipinski definition) is 7. The number of anilines is 2. The van der Waals surface area contributed by atoms with Gasteiger partial charge < -0.3 is 19.7 Å². The molecular formula is C17H20N4O4S. The van der Waals surface area contributed by atoms with Gasteiger partial charge in [0, 0.05) is 25.3 Å². The van der Waals surface area contributed by atoms with Crippen molar-refractivity contribution in [1.82, 2.24) is 10.2 Å². The highest BCUT2D eigenvalue weighted by Crippen LogP contribution is 2.28. The van der Waals surface area contributed by atoms with Crippen molar-refractivity contribution < 1.29 is 19.1 Å². The number of amides is 2. The molecule has 1 aromatic carbocycles. The van der Waals surface area contributed by atoms with Crippen molar-refractivity contribution in [3.63, 3.8) is 0 Å². The predicted molar refractivity (Wildman–Crippen MR) is 97.3 cm³/mol. The van der Waals surface area contributed by atoms with Crippen LogP contribution in [0.2, 0.25) is 0 Å². The Balaban J connectivity index is 1.60. The molecule has 0 radical (unpaired) electrons. The van der Waals surface area contributed by atoms with Crippen LogP contribution in [0.4, 0.5) is 10.8 Å². The Morgan fingerprint density at radius 3 is 2.81 bits per heavy atom. The van der Waals surface area contributed by atoms with E-state index in [0.29, 0.717) is 35.6 Å². The summed E-state index contributed by atoms with van der Waals surface area (Å²) < 4.78 is 10.4. The van der Waals surface area contributed by atoms with Crippen molar-refractivity contribution in [1.29, 1.82) is 0 Å². The van der Waals surface area contributed by atoms with E-state index >= 15 is 0 Å². The second-order valence-corrected chi connectivity index (χ2v) is 6.79. The summed E-state index contributed by atoms with van der Waals surface area (Å²) in [6.07, 6.45) is 0.169. The predicted octanol–water partition coefficient (Wildman–Crippen LogP) is 2.07. The lowest BCUT2D eigenvalue weighted by Crippen LogP contribution is -2.28. The maximum absolute atomic E-state index is 12.5. The molecule has 1 saturated heterocycles. The van der Waals surface area contributed by atoms with Crippen LogP contribution in [-0.2, 0) is 20.9 Å². The summed E-state index contributed by atoms with van der Waals surface area (Å²) in [4.78, 5) is 26.4. The highest BCUT2D eigenvalue weighted by molar-refractivity contribution is 7.15. The van der Waals surface area contributed by atoms with Gasteiger partial charge >= 0.3 is 0 Å². The standard InChI is InChI=1S/C17H20N4O4S/c1-3-25-10-14-19-20-17(26-14)18-16(23)11-8-15(22)21(9-11)12-4-6-13(24-2)7-5-12/h4-7,11H,3,8-10H2,1-2H3,(H,18,20,23). The zero-order valence-corrected chi connectivity index (χ0v) is 15.4. The minimum atomic E-state index is -0.427. The number of methoxy groups -OCH3 is 1. The Morgan fingerprint density at radius 1 is 1.35 bits per heavy atom. The number of carbonyl (C=O) groups excluding carboxylic acids is 2. The lowest BCUT2D eigenvalue weighted by atomic mass is 10.1. The Kier molecular flexibility index (Phi) is 5.79. The summed E-state index contributed by atoms with van der Waals surface area (Å²) in [5.74, 6) is -0.0178.